The molecule has 0 unspecified atom stereocenters. The third kappa shape index (κ3) is 6.06. The Morgan fingerprint density at radius 2 is 1.93 bits per heavy atom. The van der Waals surface area contributed by atoms with Crippen LogP contribution in [0.2, 0.25) is 0 Å². The van der Waals surface area contributed by atoms with Gasteiger partial charge in [-0.05, 0) is 62.3 Å². The minimum atomic E-state index is -0.594. The third-order valence-electron chi connectivity index (χ3n) is 4.21. The SMILES string of the molecule is CCCCCCSc1c(O)c(NC(=O)OC(C)(C)C)cc2c(C)cccc12. The summed E-state index contributed by atoms with van der Waals surface area (Å²) >= 11 is 1.65. The lowest BCUT2D eigenvalue weighted by atomic mass is 10.0. The van der Waals surface area contributed by atoms with Gasteiger partial charge in [0.15, 0.2) is 5.75 Å². The number of benzene rings is 2. The highest BCUT2D eigenvalue weighted by Crippen LogP contribution is 2.42. The molecule has 0 radical (unpaired) electrons. The molecule has 0 aromatic heterocycles. The lowest BCUT2D eigenvalue weighted by molar-refractivity contribution is 0.0635. The molecule has 148 valence electrons. The number of aryl methyl sites for hydroxylation is 1. The van der Waals surface area contributed by atoms with E-state index in [-0.39, 0.29) is 5.75 Å². The highest BCUT2D eigenvalue weighted by Gasteiger charge is 2.20. The molecule has 0 fully saturated rings. The van der Waals surface area contributed by atoms with Crippen molar-refractivity contribution in [3.63, 3.8) is 0 Å². The molecule has 27 heavy (non-hydrogen) atoms. The summed E-state index contributed by atoms with van der Waals surface area (Å²) in [5.74, 6) is 1.05. The van der Waals surface area contributed by atoms with Crippen molar-refractivity contribution < 1.29 is 14.6 Å². The Morgan fingerprint density at radius 3 is 2.59 bits per heavy atom. The standard InChI is InChI=1S/C22H31NO3S/c1-6-7-8-9-13-27-20-16-12-10-11-15(2)17(16)14-18(19(20)24)23-21(25)26-22(3,4)5/h10-12,14,24H,6-9,13H2,1-5H3,(H,23,25). The number of amides is 1. The number of phenolic OH excluding ortho intramolecular Hbond substituents is 1. The van der Waals surface area contributed by atoms with Gasteiger partial charge in [-0.15, -0.1) is 11.8 Å². The number of carbonyl (C=O) groups is 1. The second-order valence-corrected chi connectivity index (χ2v) is 8.91. The van der Waals surface area contributed by atoms with Crippen LogP contribution in [0, 0.1) is 6.92 Å². The fourth-order valence-corrected chi connectivity index (χ4v) is 4.02. The lowest BCUT2D eigenvalue weighted by Crippen LogP contribution is -2.27. The van der Waals surface area contributed by atoms with E-state index in [9.17, 15) is 9.90 Å². The van der Waals surface area contributed by atoms with Crippen LogP contribution >= 0.6 is 11.8 Å². The van der Waals surface area contributed by atoms with Crippen molar-refractivity contribution in [1.29, 1.82) is 0 Å². The summed E-state index contributed by atoms with van der Waals surface area (Å²) < 4.78 is 5.34. The van der Waals surface area contributed by atoms with Crippen LogP contribution in [0.3, 0.4) is 0 Å². The fourth-order valence-electron chi connectivity index (χ4n) is 2.89. The number of thioether (sulfide) groups is 1. The number of ether oxygens (including phenoxy) is 1. The Morgan fingerprint density at radius 1 is 1.19 bits per heavy atom. The summed E-state index contributed by atoms with van der Waals surface area (Å²) in [4.78, 5) is 13.0. The van der Waals surface area contributed by atoms with E-state index in [4.69, 9.17) is 4.74 Å². The molecule has 0 saturated heterocycles. The molecule has 2 aromatic rings. The van der Waals surface area contributed by atoms with Gasteiger partial charge in [-0.3, -0.25) is 5.32 Å². The molecule has 0 spiro atoms. The number of anilines is 1. The smallest absolute Gasteiger partial charge is 0.412 e. The molecule has 2 rings (SSSR count). The Bertz CT molecular complexity index is 796. The fraction of sp³-hybridized carbons (Fsp3) is 0.500. The number of nitrogens with one attached hydrogen (secondary N) is 1. The van der Waals surface area contributed by atoms with Gasteiger partial charge in [0.2, 0.25) is 0 Å². The molecule has 2 aromatic carbocycles. The molecule has 0 heterocycles. The minimum Gasteiger partial charge on any atom is -0.505 e. The number of hydrogen-bond acceptors (Lipinski definition) is 4. The summed E-state index contributed by atoms with van der Waals surface area (Å²) in [6, 6.07) is 7.88. The molecule has 0 atom stereocenters. The van der Waals surface area contributed by atoms with E-state index < -0.39 is 11.7 Å². The van der Waals surface area contributed by atoms with Crippen molar-refractivity contribution in [3.8, 4) is 5.75 Å². The summed E-state index contributed by atoms with van der Waals surface area (Å²) in [5, 5.41) is 15.6. The number of hydrogen-bond donors (Lipinski definition) is 2. The zero-order valence-corrected chi connectivity index (χ0v) is 17.8. The van der Waals surface area contributed by atoms with E-state index in [0.717, 1.165) is 33.4 Å². The van der Waals surface area contributed by atoms with Gasteiger partial charge in [-0.2, -0.15) is 0 Å². The van der Waals surface area contributed by atoms with E-state index in [0.29, 0.717) is 5.69 Å². The second kappa shape index (κ2) is 9.36. The van der Waals surface area contributed by atoms with Gasteiger partial charge >= 0.3 is 6.09 Å². The zero-order chi connectivity index (χ0) is 20.0. The highest BCUT2D eigenvalue weighted by atomic mass is 32.2. The number of fused-ring (bicyclic) bond motifs is 1. The van der Waals surface area contributed by atoms with Gasteiger partial charge in [0.05, 0.1) is 10.6 Å². The first-order valence-electron chi connectivity index (χ1n) is 9.61. The Labute approximate surface area is 166 Å². The maximum absolute atomic E-state index is 12.2. The van der Waals surface area contributed by atoms with E-state index in [1.807, 2.05) is 52.0 Å². The molecule has 4 nitrogen and oxygen atoms in total. The van der Waals surface area contributed by atoms with Crippen LogP contribution in [0.15, 0.2) is 29.2 Å². The minimum absolute atomic E-state index is 0.111. The first-order valence-corrected chi connectivity index (χ1v) is 10.6. The predicted molar refractivity (Wildman–Crippen MR) is 115 cm³/mol. The van der Waals surface area contributed by atoms with E-state index in [2.05, 4.69) is 12.2 Å². The Kier molecular flexibility index (Phi) is 7.42. The molecular weight excluding hydrogens is 358 g/mol. The first-order chi connectivity index (χ1) is 12.7. The highest BCUT2D eigenvalue weighted by molar-refractivity contribution is 7.99. The van der Waals surface area contributed by atoms with Crippen molar-refractivity contribution in [3.05, 3.63) is 29.8 Å². The van der Waals surface area contributed by atoms with Crippen LogP contribution in [-0.2, 0) is 4.74 Å². The monoisotopic (exact) mass is 389 g/mol. The average Bonchev–Trinajstić information content (AvgIpc) is 2.56. The predicted octanol–water partition coefficient (Wildman–Crippen LogP) is 6.87. The van der Waals surface area contributed by atoms with Crippen LogP contribution in [0.5, 0.6) is 5.75 Å². The topological polar surface area (TPSA) is 58.6 Å². The molecular formula is C22H31NO3S. The van der Waals surface area contributed by atoms with Crippen molar-refractivity contribution >= 4 is 34.3 Å². The molecule has 0 saturated carbocycles. The molecule has 5 heteroatoms. The van der Waals surface area contributed by atoms with E-state index in [1.165, 1.54) is 19.3 Å². The van der Waals surface area contributed by atoms with Gasteiger partial charge in [0.1, 0.15) is 5.60 Å². The molecule has 0 aliphatic rings. The van der Waals surface area contributed by atoms with Crippen LogP contribution in [0.25, 0.3) is 10.8 Å². The molecule has 0 aliphatic carbocycles. The van der Waals surface area contributed by atoms with Gasteiger partial charge in [0.25, 0.3) is 0 Å². The van der Waals surface area contributed by atoms with Crippen molar-refractivity contribution in [1.82, 2.24) is 0 Å². The van der Waals surface area contributed by atoms with Crippen LogP contribution in [0.4, 0.5) is 10.5 Å². The number of carbonyl (C=O) groups excluding carboxylic acids is 1. The van der Waals surface area contributed by atoms with Gasteiger partial charge in [-0.1, -0.05) is 44.4 Å². The zero-order valence-electron chi connectivity index (χ0n) is 17.0. The number of rotatable bonds is 7. The average molecular weight is 390 g/mol. The number of unbranched alkanes of at least 4 members (excludes halogenated alkanes) is 3. The van der Waals surface area contributed by atoms with Crippen molar-refractivity contribution in [2.75, 3.05) is 11.1 Å². The maximum Gasteiger partial charge on any atom is 0.412 e. The largest absolute Gasteiger partial charge is 0.505 e. The van der Waals surface area contributed by atoms with E-state index >= 15 is 0 Å². The molecule has 0 aliphatic heterocycles. The van der Waals surface area contributed by atoms with Crippen molar-refractivity contribution in [2.24, 2.45) is 0 Å². The van der Waals surface area contributed by atoms with Gasteiger partial charge < -0.3 is 9.84 Å². The third-order valence-corrected chi connectivity index (χ3v) is 5.40. The molecule has 0 bridgehead atoms. The Balaban J connectivity index is 2.33. The second-order valence-electron chi connectivity index (χ2n) is 7.81. The van der Waals surface area contributed by atoms with E-state index in [1.54, 1.807) is 11.8 Å². The first kappa shape index (κ1) is 21.4. The van der Waals surface area contributed by atoms with Crippen LogP contribution < -0.4 is 5.32 Å². The summed E-state index contributed by atoms with van der Waals surface area (Å²) in [5.41, 5.74) is 0.901. The van der Waals surface area contributed by atoms with Crippen LogP contribution in [-0.4, -0.2) is 22.6 Å². The van der Waals surface area contributed by atoms with Gasteiger partial charge in [-0.25, -0.2) is 4.79 Å². The van der Waals surface area contributed by atoms with Gasteiger partial charge in [0, 0.05) is 0 Å². The molecule has 2 N–H and O–H groups in total. The Hall–Kier alpha value is -1.88. The normalized spacial score (nSPS) is 11.6. The summed E-state index contributed by atoms with van der Waals surface area (Å²) in [6.07, 6.45) is 4.16. The van der Waals surface area contributed by atoms with Crippen molar-refractivity contribution in [2.45, 2.75) is 70.8 Å². The van der Waals surface area contributed by atoms with Crippen LogP contribution in [0.1, 0.15) is 58.9 Å². The number of phenols is 1. The summed E-state index contributed by atoms with van der Waals surface area (Å²) in [7, 11) is 0. The lowest BCUT2D eigenvalue weighted by Gasteiger charge is -2.21. The molecule has 1 amide bonds. The summed E-state index contributed by atoms with van der Waals surface area (Å²) in [6.45, 7) is 9.67. The maximum atomic E-state index is 12.2. The number of aromatic hydroxyl groups is 1. The quantitative estimate of drug-likeness (QED) is 0.308.